The molecule has 10 heteroatoms. The molecule has 8 nitrogen and oxygen atoms in total. The number of alkyl halides is 2. The number of hydrogen-bond donors (Lipinski definition) is 1. The van der Waals surface area contributed by atoms with Gasteiger partial charge in [0.2, 0.25) is 0 Å². The lowest BCUT2D eigenvalue weighted by molar-refractivity contribution is -0.0498. The Labute approximate surface area is 186 Å². The summed E-state index contributed by atoms with van der Waals surface area (Å²) in [5, 5.41) is 9.17. The van der Waals surface area contributed by atoms with E-state index >= 15 is 0 Å². The summed E-state index contributed by atoms with van der Waals surface area (Å²) < 4.78 is 33.6. The molecule has 172 valence electrons. The monoisotopic (exact) mass is 456 g/mol. The first-order chi connectivity index (χ1) is 15.9. The van der Waals surface area contributed by atoms with Gasteiger partial charge in [0.05, 0.1) is 0 Å². The Hall–Kier alpha value is -3.79. The van der Waals surface area contributed by atoms with Crippen molar-refractivity contribution in [3.8, 4) is 17.1 Å². The number of fused-ring (bicyclic) bond motifs is 1. The summed E-state index contributed by atoms with van der Waals surface area (Å²) in [5.74, 6) is 0.405. The largest absolute Gasteiger partial charge is 0.435 e. The standard InChI is InChI=1S/C23H22F2N4O4/c1-27-20-18(21(31)28(23(27)32)12-5-13-30)29(14-15-6-3-2-4-7-15)19(26-20)16-8-10-17(11-9-16)33-22(24)25/h2-4,6-11,22,30H,5,12-14H2,1H3. The molecule has 0 saturated heterocycles. The van der Waals surface area contributed by atoms with Gasteiger partial charge in [-0.2, -0.15) is 8.78 Å². The number of aliphatic hydroxyl groups excluding tert-OH is 1. The van der Waals surface area contributed by atoms with E-state index in [0.717, 1.165) is 10.1 Å². The van der Waals surface area contributed by atoms with Crippen LogP contribution in [-0.2, 0) is 20.1 Å². The molecule has 2 aromatic heterocycles. The van der Waals surface area contributed by atoms with Crippen molar-refractivity contribution in [2.45, 2.75) is 26.1 Å². The lowest BCUT2D eigenvalue weighted by Gasteiger charge is -2.11. The van der Waals surface area contributed by atoms with Crippen LogP contribution in [0.25, 0.3) is 22.6 Å². The highest BCUT2D eigenvalue weighted by atomic mass is 19.3. The molecule has 2 heterocycles. The molecule has 33 heavy (non-hydrogen) atoms. The van der Waals surface area contributed by atoms with Crippen LogP contribution in [0.1, 0.15) is 12.0 Å². The fraction of sp³-hybridized carbons (Fsp3) is 0.261. The first-order valence-electron chi connectivity index (χ1n) is 10.3. The molecule has 4 rings (SSSR count). The summed E-state index contributed by atoms with van der Waals surface area (Å²) >= 11 is 0. The molecule has 0 aliphatic carbocycles. The van der Waals surface area contributed by atoms with Crippen molar-refractivity contribution in [3.63, 3.8) is 0 Å². The van der Waals surface area contributed by atoms with E-state index in [4.69, 9.17) is 0 Å². The van der Waals surface area contributed by atoms with E-state index in [1.165, 1.54) is 23.7 Å². The first kappa shape index (κ1) is 22.4. The average Bonchev–Trinajstić information content (AvgIpc) is 3.18. The predicted molar refractivity (Wildman–Crippen MR) is 119 cm³/mol. The van der Waals surface area contributed by atoms with Crippen LogP contribution < -0.4 is 16.0 Å². The molecule has 0 bridgehead atoms. The van der Waals surface area contributed by atoms with Gasteiger partial charge in [-0.05, 0) is 36.2 Å². The zero-order valence-electron chi connectivity index (χ0n) is 17.8. The number of imidazole rings is 1. The molecule has 0 amide bonds. The molecule has 0 fully saturated rings. The predicted octanol–water partition coefficient (Wildman–Crippen LogP) is 2.60. The minimum Gasteiger partial charge on any atom is -0.435 e. The third-order valence-electron chi connectivity index (χ3n) is 5.29. The number of ether oxygens (including phenoxy) is 1. The topological polar surface area (TPSA) is 91.3 Å². The van der Waals surface area contributed by atoms with Crippen molar-refractivity contribution in [2.75, 3.05) is 6.61 Å². The molecule has 0 aliphatic heterocycles. The molecular formula is C23H22F2N4O4. The van der Waals surface area contributed by atoms with Gasteiger partial charge >= 0.3 is 12.3 Å². The second-order valence-electron chi connectivity index (χ2n) is 7.46. The van der Waals surface area contributed by atoms with Gasteiger partial charge in [0.25, 0.3) is 5.56 Å². The van der Waals surface area contributed by atoms with Crippen molar-refractivity contribution in [1.29, 1.82) is 0 Å². The van der Waals surface area contributed by atoms with Crippen molar-refractivity contribution >= 4 is 11.2 Å². The minimum absolute atomic E-state index is 0.00164. The van der Waals surface area contributed by atoms with E-state index in [1.54, 1.807) is 16.7 Å². The molecule has 0 radical (unpaired) electrons. The molecule has 4 aromatic rings. The van der Waals surface area contributed by atoms with E-state index in [2.05, 4.69) is 9.72 Å². The van der Waals surface area contributed by atoms with E-state index in [1.807, 2.05) is 30.3 Å². The molecule has 1 N–H and O–H groups in total. The third kappa shape index (κ3) is 4.42. The van der Waals surface area contributed by atoms with E-state index in [0.29, 0.717) is 17.9 Å². The van der Waals surface area contributed by atoms with Crippen LogP contribution in [0, 0.1) is 0 Å². The molecule has 2 aromatic carbocycles. The SMILES string of the molecule is Cn1c(=O)n(CCCO)c(=O)c2c1nc(-c1ccc(OC(F)F)cc1)n2Cc1ccccc1. The Balaban J connectivity index is 1.94. The summed E-state index contributed by atoms with van der Waals surface area (Å²) in [6, 6.07) is 15.4. The van der Waals surface area contributed by atoms with Crippen LogP contribution in [0.2, 0.25) is 0 Å². The number of aliphatic hydroxyl groups is 1. The fourth-order valence-corrected chi connectivity index (χ4v) is 3.72. The van der Waals surface area contributed by atoms with Crippen LogP contribution >= 0.6 is 0 Å². The Morgan fingerprint density at radius 1 is 1.03 bits per heavy atom. The molecule has 0 spiro atoms. The molecule has 0 atom stereocenters. The number of hydrogen-bond acceptors (Lipinski definition) is 5. The number of nitrogens with zero attached hydrogens (tertiary/aromatic N) is 4. The Kier molecular flexibility index (Phi) is 6.36. The summed E-state index contributed by atoms with van der Waals surface area (Å²) in [5.41, 5.74) is 0.890. The summed E-state index contributed by atoms with van der Waals surface area (Å²) in [4.78, 5) is 30.7. The normalized spacial score (nSPS) is 11.4. The molecule has 0 aliphatic rings. The maximum Gasteiger partial charge on any atom is 0.387 e. The van der Waals surface area contributed by atoms with Crippen LogP contribution in [-0.4, -0.2) is 37.0 Å². The van der Waals surface area contributed by atoms with Crippen LogP contribution in [0.4, 0.5) is 8.78 Å². The van der Waals surface area contributed by atoms with E-state index in [-0.39, 0.29) is 36.5 Å². The van der Waals surface area contributed by atoms with Crippen LogP contribution in [0.15, 0.2) is 64.2 Å². The van der Waals surface area contributed by atoms with Crippen LogP contribution in [0.5, 0.6) is 5.75 Å². The lowest BCUT2D eigenvalue weighted by Crippen LogP contribution is -2.39. The molecular weight excluding hydrogens is 434 g/mol. The van der Waals surface area contributed by atoms with Crippen molar-refractivity contribution in [3.05, 3.63) is 81.0 Å². The number of aromatic nitrogens is 4. The van der Waals surface area contributed by atoms with Gasteiger partial charge in [0, 0.05) is 32.3 Å². The number of aryl methyl sites for hydroxylation is 1. The number of benzene rings is 2. The van der Waals surface area contributed by atoms with Gasteiger partial charge in [0.1, 0.15) is 11.6 Å². The second kappa shape index (κ2) is 9.37. The fourth-order valence-electron chi connectivity index (χ4n) is 3.72. The number of rotatable bonds is 8. The van der Waals surface area contributed by atoms with E-state index in [9.17, 15) is 23.5 Å². The quantitative estimate of drug-likeness (QED) is 0.440. The van der Waals surface area contributed by atoms with Gasteiger partial charge < -0.3 is 14.4 Å². The van der Waals surface area contributed by atoms with Crippen molar-refractivity contribution in [2.24, 2.45) is 7.05 Å². The average molecular weight is 456 g/mol. The highest BCUT2D eigenvalue weighted by Gasteiger charge is 2.21. The zero-order valence-corrected chi connectivity index (χ0v) is 17.8. The lowest BCUT2D eigenvalue weighted by atomic mass is 10.2. The Morgan fingerprint density at radius 3 is 2.36 bits per heavy atom. The highest BCUT2D eigenvalue weighted by molar-refractivity contribution is 5.77. The van der Waals surface area contributed by atoms with Gasteiger partial charge in [-0.25, -0.2) is 9.78 Å². The van der Waals surface area contributed by atoms with Crippen molar-refractivity contribution < 1.29 is 18.6 Å². The minimum atomic E-state index is -2.94. The first-order valence-corrected chi connectivity index (χ1v) is 10.3. The summed E-state index contributed by atoms with van der Waals surface area (Å²) in [7, 11) is 1.53. The maximum atomic E-state index is 13.3. The van der Waals surface area contributed by atoms with E-state index < -0.39 is 17.9 Å². The van der Waals surface area contributed by atoms with Gasteiger partial charge in [0.15, 0.2) is 11.2 Å². The van der Waals surface area contributed by atoms with Crippen molar-refractivity contribution in [1.82, 2.24) is 18.7 Å². The van der Waals surface area contributed by atoms with Gasteiger partial charge in [-0.1, -0.05) is 30.3 Å². The van der Waals surface area contributed by atoms with Crippen LogP contribution in [0.3, 0.4) is 0 Å². The van der Waals surface area contributed by atoms with Gasteiger partial charge in [-0.3, -0.25) is 13.9 Å². The number of halogens is 2. The Bertz CT molecular complexity index is 1380. The highest BCUT2D eigenvalue weighted by Crippen LogP contribution is 2.26. The summed E-state index contributed by atoms with van der Waals surface area (Å²) in [6.07, 6.45) is 0.256. The second-order valence-corrected chi connectivity index (χ2v) is 7.46. The zero-order chi connectivity index (χ0) is 23.5. The molecule has 0 unspecified atom stereocenters. The summed E-state index contributed by atoms with van der Waals surface area (Å²) in [6.45, 7) is -2.72. The third-order valence-corrected chi connectivity index (χ3v) is 5.29. The Morgan fingerprint density at radius 2 is 1.73 bits per heavy atom. The molecule has 0 saturated carbocycles. The van der Waals surface area contributed by atoms with Gasteiger partial charge in [-0.15, -0.1) is 0 Å². The smallest absolute Gasteiger partial charge is 0.387 e. The maximum absolute atomic E-state index is 13.3.